The van der Waals surface area contributed by atoms with E-state index in [2.05, 4.69) is 4.99 Å². The minimum absolute atomic E-state index is 0.232. The van der Waals surface area contributed by atoms with E-state index in [4.69, 9.17) is 9.47 Å². The van der Waals surface area contributed by atoms with E-state index in [1.54, 1.807) is 42.5 Å². The number of aryl methyl sites for hydroxylation is 1. The molecule has 1 atom stereocenters. The summed E-state index contributed by atoms with van der Waals surface area (Å²) in [5, 5.41) is 1.98. The minimum atomic E-state index is -0.711. The largest absolute Gasteiger partial charge is 0.466 e. The van der Waals surface area contributed by atoms with Gasteiger partial charge in [-0.25, -0.2) is 9.79 Å². The molecule has 9 heteroatoms. The van der Waals surface area contributed by atoms with Gasteiger partial charge in [0.25, 0.3) is 5.56 Å². The van der Waals surface area contributed by atoms with Gasteiger partial charge in [-0.05, 0) is 54.6 Å². The number of carbonyl (C=O) groups excluding carboxylic acids is 2. The molecule has 164 valence electrons. The number of nitrogens with zero attached hydrogens (tertiary/aromatic N) is 2. The number of carbonyl (C=O) groups is 2. The number of esters is 2. The maximum Gasteiger partial charge on any atom is 0.338 e. The Hall–Kier alpha value is -3.30. The van der Waals surface area contributed by atoms with Crippen LogP contribution in [0.25, 0.3) is 6.08 Å². The molecule has 4 rings (SSSR count). The topological polar surface area (TPSA) is 87.0 Å². The molecule has 0 saturated carbocycles. The Morgan fingerprint density at radius 1 is 1.16 bits per heavy atom. The molecule has 0 amide bonds. The van der Waals surface area contributed by atoms with E-state index < -0.39 is 18.0 Å². The molecular formula is C23H20N2O5S2. The number of thiophene rings is 1. The molecule has 0 bridgehead atoms. The fraction of sp³-hybridized carbons (Fsp3) is 0.217. The molecule has 3 heterocycles. The van der Waals surface area contributed by atoms with Gasteiger partial charge >= 0.3 is 11.9 Å². The first-order valence-corrected chi connectivity index (χ1v) is 11.4. The average Bonchev–Trinajstić information content (AvgIpc) is 3.29. The highest BCUT2D eigenvalue weighted by Gasteiger charge is 2.33. The van der Waals surface area contributed by atoms with Crippen LogP contribution in [0.2, 0.25) is 0 Å². The van der Waals surface area contributed by atoms with Gasteiger partial charge in [0, 0.05) is 11.8 Å². The van der Waals surface area contributed by atoms with Crippen molar-refractivity contribution in [1.29, 1.82) is 0 Å². The number of fused-ring (bicyclic) bond motifs is 1. The molecule has 0 N–H and O–H groups in total. The average molecular weight is 469 g/mol. The van der Waals surface area contributed by atoms with Crippen LogP contribution in [0, 0.1) is 6.92 Å². The number of benzene rings is 1. The maximum atomic E-state index is 13.5. The smallest absolute Gasteiger partial charge is 0.338 e. The highest BCUT2D eigenvalue weighted by molar-refractivity contribution is 7.11. The summed E-state index contributed by atoms with van der Waals surface area (Å²) in [7, 11) is 1.30. The van der Waals surface area contributed by atoms with Crippen molar-refractivity contribution in [3.8, 4) is 5.75 Å². The second kappa shape index (κ2) is 8.68. The quantitative estimate of drug-likeness (QED) is 0.434. The van der Waals surface area contributed by atoms with Crippen molar-refractivity contribution in [2.45, 2.75) is 26.8 Å². The Bertz CT molecular complexity index is 1420. The summed E-state index contributed by atoms with van der Waals surface area (Å²) < 4.78 is 12.2. The van der Waals surface area contributed by atoms with Crippen LogP contribution in [-0.2, 0) is 14.3 Å². The van der Waals surface area contributed by atoms with Crippen LogP contribution < -0.4 is 19.6 Å². The summed E-state index contributed by atoms with van der Waals surface area (Å²) in [5.74, 6) is -0.605. The van der Waals surface area contributed by atoms with Crippen molar-refractivity contribution in [2.24, 2.45) is 4.99 Å². The van der Waals surface area contributed by atoms with Crippen LogP contribution in [0.3, 0.4) is 0 Å². The summed E-state index contributed by atoms with van der Waals surface area (Å²) in [5.41, 5.74) is 2.31. The van der Waals surface area contributed by atoms with Crippen LogP contribution >= 0.6 is 22.7 Å². The standard InChI is InChI=1S/C23H20N2O5S2/c1-12-9-10-31-17(12)11-18-21(27)25-20(15-5-7-16(8-6-15)30-14(3)26)19(22(28)29-4)13(2)24-23(25)32-18/h5-11,20H,1-4H3/b18-11+/t20-/m1/s1. The summed E-state index contributed by atoms with van der Waals surface area (Å²) >= 11 is 2.84. The van der Waals surface area contributed by atoms with Gasteiger partial charge in [0.2, 0.25) is 0 Å². The molecule has 0 spiro atoms. The van der Waals surface area contributed by atoms with Gasteiger partial charge in [0.1, 0.15) is 5.75 Å². The molecule has 2 aromatic heterocycles. The minimum Gasteiger partial charge on any atom is -0.466 e. The fourth-order valence-corrected chi connectivity index (χ4v) is 5.51. The Morgan fingerprint density at radius 3 is 2.47 bits per heavy atom. The lowest BCUT2D eigenvalue weighted by molar-refractivity contribution is -0.136. The highest BCUT2D eigenvalue weighted by atomic mass is 32.1. The van der Waals surface area contributed by atoms with E-state index in [1.165, 1.54) is 29.9 Å². The number of thiazole rings is 1. The van der Waals surface area contributed by atoms with Crippen LogP contribution in [0.15, 0.2) is 56.8 Å². The molecule has 1 aliphatic rings. The Kier molecular flexibility index (Phi) is 5.94. The lowest BCUT2D eigenvalue weighted by Crippen LogP contribution is -2.39. The molecule has 3 aromatic rings. The first kappa shape index (κ1) is 21.9. The van der Waals surface area contributed by atoms with Gasteiger partial charge in [0.05, 0.1) is 29.0 Å². The van der Waals surface area contributed by atoms with Crippen LogP contribution in [-0.4, -0.2) is 23.6 Å². The van der Waals surface area contributed by atoms with Crippen LogP contribution in [0.1, 0.15) is 35.9 Å². The number of methoxy groups -OCH3 is 1. The lowest BCUT2D eigenvalue weighted by Gasteiger charge is -2.24. The van der Waals surface area contributed by atoms with Gasteiger partial charge in [-0.1, -0.05) is 23.5 Å². The van der Waals surface area contributed by atoms with E-state index in [1.807, 2.05) is 24.4 Å². The van der Waals surface area contributed by atoms with E-state index in [0.717, 1.165) is 10.4 Å². The van der Waals surface area contributed by atoms with Crippen molar-refractivity contribution >= 4 is 40.7 Å². The number of rotatable bonds is 4. The number of allylic oxidation sites excluding steroid dienone is 1. The molecule has 32 heavy (non-hydrogen) atoms. The van der Waals surface area contributed by atoms with E-state index in [-0.39, 0.29) is 5.56 Å². The molecule has 1 aliphatic heterocycles. The maximum absolute atomic E-state index is 13.5. The number of hydrogen-bond acceptors (Lipinski definition) is 8. The summed E-state index contributed by atoms with van der Waals surface area (Å²) in [4.78, 5) is 43.4. The normalized spacial score (nSPS) is 15.9. The Morgan fingerprint density at radius 2 is 1.88 bits per heavy atom. The summed E-state index contributed by atoms with van der Waals surface area (Å²) in [6.07, 6.45) is 1.86. The lowest BCUT2D eigenvalue weighted by atomic mass is 9.96. The van der Waals surface area contributed by atoms with Crippen molar-refractivity contribution in [3.63, 3.8) is 0 Å². The predicted molar refractivity (Wildman–Crippen MR) is 123 cm³/mol. The Balaban J connectivity index is 1.92. The van der Waals surface area contributed by atoms with E-state index in [0.29, 0.717) is 31.9 Å². The number of ether oxygens (including phenoxy) is 2. The van der Waals surface area contributed by atoms with Crippen LogP contribution in [0.4, 0.5) is 0 Å². The molecule has 0 radical (unpaired) electrons. The third-order valence-corrected chi connectivity index (χ3v) is 7.00. The van der Waals surface area contributed by atoms with Gasteiger partial charge in [-0.2, -0.15) is 0 Å². The van der Waals surface area contributed by atoms with Crippen molar-refractivity contribution < 1.29 is 19.1 Å². The zero-order chi connectivity index (χ0) is 23.0. The number of hydrogen-bond donors (Lipinski definition) is 0. The molecule has 1 aromatic carbocycles. The van der Waals surface area contributed by atoms with Crippen LogP contribution in [0.5, 0.6) is 5.75 Å². The SMILES string of the molecule is COC(=O)C1=C(C)N=c2s/c(=C/c3sccc3C)c(=O)n2[C@@H]1c1ccc(OC(C)=O)cc1. The predicted octanol–water partition coefficient (Wildman–Crippen LogP) is 2.70. The molecule has 0 aliphatic carbocycles. The van der Waals surface area contributed by atoms with Gasteiger partial charge < -0.3 is 9.47 Å². The highest BCUT2D eigenvalue weighted by Crippen LogP contribution is 2.31. The van der Waals surface area contributed by atoms with Crippen molar-refractivity contribution in [2.75, 3.05) is 7.11 Å². The fourth-order valence-electron chi connectivity index (χ4n) is 3.54. The zero-order valence-corrected chi connectivity index (χ0v) is 19.5. The van der Waals surface area contributed by atoms with Crippen molar-refractivity contribution in [1.82, 2.24) is 4.57 Å². The third kappa shape index (κ3) is 3.96. The second-order valence-electron chi connectivity index (χ2n) is 7.20. The molecule has 0 saturated heterocycles. The summed E-state index contributed by atoms with van der Waals surface area (Å²) in [6.45, 7) is 5.04. The van der Waals surface area contributed by atoms with Gasteiger partial charge in [-0.15, -0.1) is 11.3 Å². The summed E-state index contributed by atoms with van der Waals surface area (Å²) in [6, 6.07) is 8.01. The molecule has 7 nitrogen and oxygen atoms in total. The molecule has 0 unspecified atom stereocenters. The monoisotopic (exact) mass is 468 g/mol. The van der Waals surface area contributed by atoms with E-state index in [9.17, 15) is 14.4 Å². The third-order valence-electron chi connectivity index (χ3n) is 5.05. The number of aromatic nitrogens is 1. The van der Waals surface area contributed by atoms with Gasteiger partial charge in [0.15, 0.2) is 4.80 Å². The first-order chi connectivity index (χ1) is 15.3. The molecular weight excluding hydrogens is 448 g/mol. The first-order valence-electron chi connectivity index (χ1n) is 9.73. The zero-order valence-electron chi connectivity index (χ0n) is 17.9. The van der Waals surface area contributed by atoms with Crippen molar-refractivity contribution in [3.05, 3.63) is 82.7 Å². The second-order valence-corrected chi connectivity index (χ2v) is 9.16. The van der Waals surface area contributed by atoms with E-state index >= 15 is 0 Å². The van der Waals surface area contributed by atoms with Gasteiger partial charge in [-0.3, -0.25) is 14.2 Å². The molecule has 0 fully saturated rings. The Labute approximate surface area is 191 Å².